The Morgan fingerprint density at radius 3 is 2.40 bits per heavy atom. The summed E-state index contributed by atoms with van der Waals surface area (Å²) < 4.78 is 44.0. The molecule has 0 aliphatic rings. The molecule has 3 nitrogen and oxygen atoms in total. The molecule has 0 atom stereocenters. The Morgan fingerprint density at radius 1 is 1.25 bits per heavy atom. The number of nitrogens with one attached hydrogen (secondary N) is 1. The molecule has 1 aromatic rings. The van der Waals surface area contributed by atoms with E-state index in [4.69, 9.17) is 4.74 Å². The number of nitrogens with zero attached hydrogens (tertiary/aromatic N) is 1. The van der Waals surface area contributed by atoms with E-state index in [1.54, 1.807) is 0 Å². The van der Waals surface area contributed by atoms with Gasteiger partial charge in [-0.15, -0.1) is 11.3 Å². The van der Waals surface area contributed by atoms with Crippen LogP contribution in [0.15, 0.2) is 0 Å². The van der Waals surface area contributed by atoms with Gasteiger partial charge in [0.05, 0.1) is 16.5 Å². The van der Waals surface area contributed by atoms with Crippen LogP contribution >= 0.6 is 11.3 Å². The summed E-state index contributed by atoms with van der Waals surface area (Å²) in [5.41, 5.74) is -1.01. The van der Waals surface area contributed by atoms with Gasteiger partial charge in [-0.1, -0.05) is 0 Å². The van der Waals surface area contributed by atoms with E-state index in [-0.39, 0.29) is 17.0 Å². The van der Waals surface area contributed by atoms with Crippen molar-refractivity contribution in [2.24, 2.45) is 0 Å². The van der Waals surface area contributed by atoms with E-state index < -0.39 is 11.9 Å². The van der Waals surface area contributed by atoms with Crippen molar-refractivity contribution >= 4 is 11.3 Å². The van der Waals surface area contributed by atoms with Crippen LogP contribution in [0.4, 0.5) is 13.2 Å². The first-order valence-corrected chi connectivity index (χ1v) is 7.33. The second kappa shape index (κ2) is 6.87. The van der Waals surface area contributed by atoms with Gasteiger partial charge < -0.3 is 10.1 Å². The molecule has 20 heavy (non-hydrogen) atoms. The maximum Gasteiger partial charge on any atom is 0.434 e. The molecule has 1 heterocycles. The van der Waals surface area contributed by atoms with Gasteiger partial charge in [0.25, 0.3) is 0 Å². The summed E-state index contributed by atoms with van der Waals surface area (Å²) in [4.78, 5) is 3.96. The zero-order chi connectivity index (χ0) is 15.4. The first-order chi connectivity index (χ1) is 9.13. The van der Waals surface area contributed by atoms with Crippen LogP contribution in [0.1, 0.15) is 43.3 Å². The van der Waals surface area contributed by atoms with E-state index in [1.807, 2.05) is 27.7 Å². The topological polar surface area (TPSA) is 34.1 Å². The lowest BCUT2D eigenvalue weighted by molar-refractivity contribution is -0.141. The minimum atomic E-state index is -4.41. The Labute approximate surface area is 121 Å². The largest absolute Gasteiger partial charge is 0.434 e. The second-order valence-electron chi connectivity index (χ2n) is 5.43. The summed E-state index contributed by atoms with van der Waals surface area (Å²) in [6.07, 6.45) is -3.99. The number of aromatic nitrogens is 1. The lowest BCUT2D eigenvalue weighted by Gasteiger charge is -2.20. The zero-order valence-corrected chi connectivity index (χ0v) is 13.0. The quantitative estimate of drug-likeness (QED) is 0.815. The molecule has 0 saturated carbocycles. The van der Waals surface area contributed by atoms with Crippen LogP contribution in [-0.4, -0.2) is 23.7 Å². The molecule has 0 fully saturated rings. The monoisotopic (exact) mass is 310 g/mol. The Balaban J connectivity index is 2.84. The third kappa shape index (κ3) is 5.76. The summed E-state index contributed by atoms with van der Waals surface area (Å²) in [6.45, 7) is 8.71. The molecule has 7 heteroatoms. The summed E-state index contributed by atoms with van der Waals surface area (Å²) in [6, 6.07) is 0. The third-order valence-electron chi connectivity index (χ3n) is 2.45. The number of ether oxygens (including phenoxy) is 1. The van der Waals surface area contributed by atoms with Crippen LogP contribution in [0.25, 0.3) is 0 Å². The van der Waals surface area contributed by atoms with Crippen LogP contribution in [0, 0.1) is 0 Å². The maximum atomic E-state index is 13.0. The predicted octanol–water partition coefficient (Wildman–Crippen LogP) is 3.63. The van der Waals surface area contributed by atoms with Gasteiger partial charge in [0.2, 0.25) is 0 Å². The van der Waals surface area contributed by atoms with Gasteiger partial charge in [0.1, 0.15) is 0 Å². The van der Waals surface area contributed by atoms with E-state index in [9.17, 15) is 13.2 Å². The Morgan fingerprint density at radius 2 is 1.90 bits per heavy atom. The van der Waals surface area contributed by atoms with Crippen molar-refractivity contribution in [1.29, 1.82) is 0 Å². The predicted molar refractivity (Wildman–Crippen MR) is 73.9 cm³/mol. The number of thiazole rings is 1. The highest BCUT2D eigenvalue weighted by atomic mass is 32.1. The van der Waals surface area contributed by atoms with Gasteiger partial charge in [0.15, 0.2) is 5.69 Å². The minimum Gasteiger partial charge on any atom is -0.381 e. The first-order valence-electron chi connectivity index (χ1n) is 6.52. The van der Waals surface area contributed by atoms with Gasteiger partial charge in [-0.3, -0.25) is 0 Å². The first kappa shape index (κ1) is 17.4. The van der Waals surface area contributed by atoms with Crippen molar-refractivity contribution in [3.8, 4) is 0 Å². The van der Waals surface area contributed by atoms with Crippen molar-refractivity contribution in [2.75, 3.05) is 13.2 Å². The zero-order valence-electron chi connectivity index (χ0n) is 12.2. The molecular weight excluding hydrogens is 289 g/mol. The summed E-state index contributed by atoms with van der Waals surface area (Å²) in [7, 11) is 0. The highest BCUT2D eigenvalue weighted by Gasteiger charge is 2.37. The highest BCUT2D eigenvalue weighted by Crippen LogP contribution is 2.34. The third-order valence-corrected chi connectivity index (χ3v) is 3.57. The number of halogens is 3. The van der Waals surface area contributed by atoms with E-state index in [2.05, 4.69) is 10.3 Å². The molecule has 0 aliphatic heterocycles. The van der Waals surface area contributed by atoms with Crippen LogP contribution in [0.3, 0.4) is 0 Å². The van der Waals surface area contributed by atoms with Crippen molar-refractivity contribution in [3.63, 3.8) is 0 Å². The molecule has 0 amide bonds. The normalized spacial score (nSPS) is 12.9. The second-order valence-corrected chi connectivity index (χ2v) is 6.60. The fourth-order valence-electron chi connectivity index (χ4n) is 1.50. The van der Waals surface area contributed by atoms with Gasteiger partial charge in [-0.05, 0) is 27.7 Å². The molecule has 0 saturated heterocycles. The van der Waals surface area contributed by atoms with E-state index in [1.165, 1.54) is 0 Å². The molecule has 0 aromatic carbocycles. The molecule has 0 unspecified atom stereocenters. The molecular formula is C13H21F3N2OS. The standard InChI is InChI=1S/C13H21F3N2OS/c1-5-19-7-6-10-18-11(13(14,15)16)9(20-10)8-17-12(2,3)4/h17H,5-8H2,1-4H3. The lowest BCUT2D eigenvalue weighted by Crippen LogP contribution is -2.35. The summed E-state index contributed by atoms with van der Waals surface area (Å²) >= 11 is 1.10. The average Bonchev–Trinajstić information content (AvgIpc) is 2.69. The highest BCUT2D eigenvalue weighted by molar-refractivity contribution is 7.11. The molecule has 1 N–H and O–H groups in total. The van der Waals surface area contributed by atoms with Gasteiger partial charge in [-0.25, -0.2) is 4.98 Å². The SMILES string of the molecule is CCOCCc1nc(C(F)(F)F)c(CNC(C)(C)C)s1. The number of alkyl halides is 3. The smallest absolute Gasteiger partial charge is 0.381 e. The molecule has 1 aromatic heterocycles. The van der Waals surface area contributed by atoms with Gasteiger partial charge in [-0.2, -0.15) is 13.2 Å². The summed E-state index contributed by atoms with van der Waals surface area (Å²) in [5.74, 6) is 0. The molecule has 0 spiro atoms. The average molecular weight is 310 g/mol. The lowest BCUT2D eigenvalue weighted by atomic mass is 10.1. The van der Waals surface area contributed by atoms with Crippen LogP contribution in [0.2, 0.25) is 0 Å². The number of rotatable bonds is 6. The van der Waals surface area contributed by atoms with Gasteiger partial charge >= 0.3 is 6.18 Å². The van der Waals surface area contributed by atoms with Gasteiger partial charge in [0, 0.05) is 25.1 Å². The Hall–Kier alpha value is -0.660. The number of hydrogen-bond donors (Lipinski definition) is 1. The maximum absolute atomic E-state index is 13.0. The van der Waals surface area contributed by atoms with E-state index in [0.717, 1.165) is 11.3 Å². The minimum absolute atomic E-state index is 0.171. The van der Waals surface area contributed by atoms with Crippen molar-refractivity contribution < 1.29 is 17.9 Å². The fraction of sp³-hybridized carbons (Fsp3) is 0.769. The molecule has 0 aliphatic carbocycles. The molecule has 0 bridgehead atoms. The van der Waals surface area contributed by atoms with Crippen molar-refractivity contribution in [3.05, 3.63) is 15.6 Å². The molecule has 0 radical (unpaired) electrons. The summed E-state index contributed by atoms with van der Waals surface area (Å²) in [5, 5.41) is 3.54. The van der Waals surface area contributed by atoms with E-state index >= 15 is 0 Å². The fourth-order valence-corrected chi connectivity index (χ4v) is 2.51. The Bertz CT molecular complexity index is 424. The molecule has 116 valence electrons. The van der Waals surface area contributed by atoms with Crippen LogP contribution in [0.5, 0.6) is 0 Å². The Kier molecular flexibility index (Phi) is 5.97. The van der Waals surface area contributed by atoms with Crippen molar-refractivity contribution in [2.45, 2.75) is 52.4 Å². The van der Waals surface area contributed by atoms with E-state index in [0.29, 0.717) is 24.6 Å². The van der Waals surface area contributed by atoms with Crippen LogP contribution < -0.4 is 5.32 Å². The van der Waals surface area contributed by atoms with Crippen LogP contribution in [-0.2, 0) is 23.9 Å². The molecule has 1 rings (SSSR count). The van der Waals surface area contributed by atoms with Crippen molar-refractivity contribution in [1.82, 2.24) is 10.3 Å². The number of hydrogen-bond acceptors (Lipinski definition) is 4.